The van der Waals surface area contributed by atoms with Crippen molar-refractivity contribution >= 4 is 11.5 Å². The summed E-state index contributed by atoms with van der Waals surface area (Å²) in [5.41, 5.74) is 6.84. The molecule has 1 aliphatic heterocycles. The Morgan fingerprint density at radius 3 is 2.90 bits per heavy atom. The van der Waals surface area contributed by atoms with E-state index in [1.54, 1.807) is 25.1 Å². The lowest BCUT2D eigenvalue weighted by Crippen LogP contribution is -2.46. The lowest BCUT2D eigenvalue weighted by atomic mass is 10.0. The van der Waals surface area contributed by atoms with Gasteiger partial charge in [0.2, 0.25) is 5.91 Å². The number of nitrogens with zero attached hydrogens (tertiary/aromatic N) is 1. The Bertz CT molecular complexity index is 513. The van der Waals surface area contributed by atoms with Crippen LogP contribution in [0.4, 0.5) is 4.39 Å². The molecule has 1 atom stereocenters. The summed E-state index contributed by atoms with van der Waals surface area (Å²) in [6, 6.07) is 6.61. The van der Waals surface area contributed by atoms with Crippen molar-refractivity contribution in [2.75, 3.05) is 13.1 Å². The molecule has 0 radical (unpaired) electrons. The first-order chi connectivity index (χ1) is 9.63. The van der Waals surface area contributed by atoms with E-state index >= 15 is 0 Å². The van der Waals surface area contributed by atoms with E-state index in [4.69, 9.17) is 5.73 Å². The number of nitrogens with two attached hydrogens (primary N) is 1. The zero-order valence-corrected chi connectivity index (χ0v) is 11.8. The average Bonchev–Trinajstić information content (AvgIpc) is 2.47. The van der Waals surface area contributed by atoms with Crippen LogP contribution in [0.5, 0.6) is 0 Å². The number of amides is 1. The fraction of sp³-hybridized carbons (Fsp3) is 0.438. The van der Waals surface area contributed by atoms with E-state index in [2.05, 4.69) is 0 Å². The molecule has 108 valence electrons. The van der Waals surface area contributed by atoms with Crippen LogP contribution in [-0.2, 0) is 4.79 Å². The Morgan fingerprint density at radius 1 is 1.45 bits per heavy atom. The number of rotatable bonds is 3. The standard InChI is InChI=1S/C16H21FN2O/c1-12(14-7-2-3-8-15(14)17)10-16(20)19-9-5-4-6-13(19)11-18/h2-3,7-8,10,13H,4-6,9,11,18H2,1H3/b12-10-. The molecule has 2 N–H and O–H groups in total. The molecule has 4 heteroatoms. The van der Waals surface area contributed by atoms with Gasteiger partial charge in [-0.05, 0) is 37.8 Å². The van der Waals surface area contributed by atoms with Crippen molar-refractivity contribution in [3.05, 3.63) is 41.7 Å². The van der Waals surface area contributed by atoms with Crippen molar-refractivity contribution < 1.29 is 9.18 Å². The number of likely N-dealkylation sites (tertiary alicyclic amines) is 1. The van der Waals surface area contributed by atoms with Crippen molar-refractivity contribution in [1.29, 1.82) is 0 Å². The Balaban J connectivity index is 2.17. The van der Waals surface area contributed by atoms with Crippen LogP contribution in [0.2, 0.25) is 0 Å². The Morgan fingerprint density at radius 2 is 2.20 bits per heavy atom. The van der Waals surface area contributed by atoms with Crippen molar-refractivity contribution in [1.82, 2.24) is 4.90 Å². The minimum Gasteiger partial charge on any atom is -0.335 e. The van der Waals surface area contributed by atoms with E-state index in [1.165, 1.54) is 12.1 Å². The quantitative estimate of drug-likeness (QED) is 0.862. The third kappa shape index (κ3) is 3.25. The Kier molecular flexibility index (Phi) is 4.90. The van der Waals surface area contributed by atoms with Crippen molar-refractivity contribution in [3.63, 3.8) is 0 Å². The molecule has 1 saturated heterocycles. The van der Waals surface area contributed by atoms with E-state index in [1.807, 2.05) is 4.90 Å². The molecule has 1 aromatic rings. The predicted molar refractivity (Wildman–Crippen MR) is 78.5 cm³/mol. The van der Waals surface area contributed by atoms with E-state index in [0.717, 1.165) is 25.8 Å². The van der Waals surface area contributed by atoms with Crippen molar-refractivity contribution in [2.24, 2.45) is 5.73 Å². The molecule has 1 amide bonds. The highest BCUT2D eigenvalue weighted by atomic mass is 19.1. The van der Waals surface area contributed by atoms with Crippen LogP contribution >= 0.6 is 0 Å². The van der Waals surface area contributed by atoms with E-state index in [9.17, 15) is 9.18 Å². The largest absolute Gasteiger partial charge is 0.335 e. The first-order valence-corrected chi connectivity index (χ1v) is 7.07. The third-order valence-electron chi connectivity index (χ3n) is 3.82. The first kappa shape index (κ1) is 14.7. The monoisotopic (exact) mass is 276 g/mol. The summed E-state index contributed by atoms with van der Waals surface area (Å²) in [5.74, 6) is -0.371. The molecule has 20 heavy (non-hydrogen) atoms. The van der Waals surface area contributed by atoms with Gasteiger partial charge in [0, 0.05) is 30.8 Å². The van der Waals surface area contributed by atoms with Crippen LogP contribution in [0.1, 0.15) is 31.7 Å². The number of hydrogen-bond donors (Lipinski definition) is 1. The van der Waals surface area contributed by atoms with Crippen LogP contribution in [-0.4, -0.2) is 29.9 Å². The van der Waals surface area contributed by atoms with Crippen LogP contribution in [0.3, 0.4) is 0 Å². The zero-order chi connectivity index (χ0) is 14.5. The molecule has 0 saturated carbocycles. The number of carbonyl (C=O) groups is 1. The summed E-state index contributed by atoms with van der Waals surface area (Å²) in [6.45, 7) is 2.98. The molecule has 0 bridgehead atoms. The lowest BCUT2D eigenvalue weighted by molar-refractivity contribution is -0.129. The highest BCUT2D eigenvalue weighted by molar-refractivity contribution is 5.95. The minimum absolute atomic E-state index is 0.0686. The molecule has 1 fully saturated rings. The maximum atomic E-state index is 13.7. The Hall–Kier alpha value is -1.68. The number of benzene rings is 1. The molecular weight excluding hydrogens is 255 g/mol. The van der Waals surface area contributed by atoms with Gasteiger partial charge < -0.3 is 10.6 Å². The summed E-state index contributed by atoms with van der Waals surface area (Å²) < 4.78 is 13.7. The fourth-order valence-corrected chi connectivity index (χ4v) is 2.66. The zero-order valence-electron chi connectivity index (χ0n) is 11.8. The molecule has 1 aliphatic rings. The van der Waals surface area contributed by atoms with Gasteiger partial charge in [0.05, 0.1) is 0 Å². The molecule has 0 spiro atoms. The maximum Gasteiger partial charge on any atom is 0.247 e. The third-order valence-corrected chi connectivity index (χ3v) is 3.82. The Labute approximate surface area is 119 Å². The van der Waals surface area contributed by atoms with Gasteiger partial charge in [-0.3, -0.25) is 4.79 Å². The number of halogens is 1. The van der Waals surface area contributed by atoms with Crippen LogP contribution in [0, 0.1) is 5.82 Å². The van der Waals surface area contributed by atoms with Gasteiger partial charge in [0.1, 0.15) is 5.82 Å². The van der Waals surface area contributed by atoms with E-state index < -0.39 is 0 Å². The van der Waals surface area contributed by atoms with Gasteiger partial charge in [-0.15, -0.1) is 0 Å². The summed E-state index contributed by atoms with van der Waals surface area (Å²) in [5, 5.41) is 0. The van der Waals surface area contributed by atoms with Gasteiger partial charge in [-0.1, -0.05) is 18.2 Å². The van der Waals surface area contributed by atoms with Crippen molar-refractivity contribution in [2.45, 2.75) is 32.2 Å². The summed E-state index contributed by atoms with van der Waals surface area (Å²) in [7, 11) is 0. The molecular formula is C16H21FN2O. The second kappa shape index (κ2) is 6.66. The summed E-state index contributed by atoms with van der Waals surface area (Å²) in [4.78, 5) is 14.1. The molecule has 3 nitrogen and oxygen atoms in total. The maximum absolute atomic E-state index is 13.7. The van der Waals surface area contributed by atoms with E-state index in [-0.39, 0.29) is 17.8 Å². The average molecular weight is 276 g/mol. The van der Waals surface area contributed by atoms with Gasteiger partial charge >= 0.3 is 0 Å². The number of hydrogen-bond acceptors (Lipinski definition) is 2. The van der Waals surface area contributed by atoms with Gasteiger partial charge in [0.15, 0.2) is 0 Å². The molecule has 1 aromatic carbocycles. The fourth-order valence-electron chi connectivity index (χ4n) is 2.66. The lowest BCUT2D eigenvalue weighted by Gasteiger charge is -2.34. The van der Waals surface area contributed by atoms with Crippen LogP contribution < -0.4 is 5.73 Å². The summed E-state index contributed by atoms with van der Waals surface area (Å²) >= 11 is 0. The molecule has 1 heterocycles. The smallest absolute Gasteiger partial charge is 0.247 e. The van der Waals surface area contributed by atoms with Gasteiger partial charge in [0.25, 0.3) is 0 Å². The van der Waals surface area contributed by atoms with Gasteiger partial charge in [-0.25, -0.2) is 4.39 Å². The second-order valence-electron chi connectivity index (χ2n) is 5.22. The van der Waals surface area contributed by atoms with Crippen LogP contribution in [0.15, 0.2) is 30.3 Å². The highest BCUT2D eigenvalue weighted by Gasteiger charge is 2.24. The SMILES string of the molecule is C/C(=C/C(=O)N1CCCCC1CN)c1ccccc1F. The normalized spacial score (nSPS) is 20.1. The van der Waals surface area contributed by atoms with E-state index in [0.29, 0.717) is 17.7 Å². The molecule has 2 rings (SSSR count). The van der Waals surface area contributed by atoms with Gasteiger partial charge in [-0.2, -0.15) is 0 Å². The molecule has 0 aliphatic carbocycles. The summed E-state index contributed by atoms with van der Waals surface area (Å²) in [6.07, 6.45) is 4.59. The molecule has 1 unspecified atom stereocenters. The van der Waals surface area contributed by atoms with Crippen LogP contribution in [0.25, 0.3) is 5.57 Å². The topological polar surface area (TPSA) is 46.3 Å². The second-order valence-corrected chi connectivity index (χ2v) is 5.22. The highest BCUT2D eigenvalue weighted by Crippen LogP contribution is 2.20. The predicted octanol–water partition coefficient (Wildman–Crippen LogP) is 2.57. The minimum atomic E-state index is -0.303. The first-order valence-electron chi connectivity index (χ1n) is 7.07. The number of allylic oxidation sites excluding steroid dienone is 1. The number of piperidine rings is 1. The number of carbonyl (C=O) groups excluding carboxylic acids is 1. The van der Waals surface area contributed by atoms with Crippen molar-refractivity contribution in [3.8, 4) is 0 Å². The molecule has 0 aromatic heterocycles.